The first-order chi connectivity index (χ1) is 9.67. The molecule has 2 aromatic rings. The van der Waals surface area contributed by atoms with Crippen LogP contribution in [0.2, 0.25) is 0 Å². The maximum absolute atomic E-state index is 5.82. The van der Waals surface area contributed by atoms with E-state index in [0.717, 1.165) is 11.1 Å². The number of alkyl halides is 1. The summed E-state index contributed by atoms with van der Waals surface area (Å²) >= 11 is 5.82. The van der Waals surface area contributed by atoms with Crippen LogP contribution in [0, 0.1) is 0 Å². The van der Waals surface area contributed by atoms with Crippen LogP contribution in [-0.4, -0.2) is 16.1 Å². The fourth-order valence-electron chi connectivity index (χ4n) is 1.74. The average molecular weight is 292 g/mol. The molecule has 1 N–H and O–H groups in total. The van der Waals surface area contributed by atoms with E-state index in [4.69, 9.17) is 16.3 Å². The van der Waals surface area contributed by atoms with Gasteiger partial charge in [0.15, 0.2) is 0 Å². The fraction of sp³-hybridized carbons (Fsp3) is 0.333. The minimum Gasteiger partial charge on any atom is -0.475 e. The van der Waals surface area contributed by atoms with Gasteiger partial charge in [-0.2, -0.15) is 4.98 Å². The van der Waals surface area contributed by atoms with E-state index >= 15 is 0 Å². The van der Waals surface area contributed by atoms with Crippen LogP contribution in [0.4, 0.5) is 5.95 Å². The van der Waals surface area contributed by atoms with Gasteiger partial charge in [0.05, 0.1) is 6.10 Å². The first-order valence-corrected chi connectivity index (χ1v) is 7.08. The standard InChI is InChI=1S/C15H18ClN3O/c1-11(2)20-14-6-7-17-15(19-14)18-10-13-5-3-4-12(8-13)9-16/h3-8,11H,9-10H2,1-2H3,(H,17,18,19). The highest BCUT2D eigenvalue weighted by molar-refractivity contribution is 6.17. The first kappa shape index (κ1) is 14.6. The highest BCUT2D eigenvalue weighted by Gasteiger charge is 2.02. The Morgan fingerprint density at radius 2 is 2.05 bits per heavy atom. The Hall–Kier alpha value is -1.81. The third-order valence-electron chi connectivity index (χ3n) is 2.58. The van der Waals surface area contributed by atoms with Crippen LogP contribution in [0.25, 0.3) is 0 Å². The Kier molecular flexibility index (Phi) is 5.18. The normalized spacial score (nSPS) is 10.6. The number of hydrogen-bond acceptors (Lipinski definition) is 4. The van der Waals surface area contributed by atoms with Crippen molar-refractivity contribution in [2.75, 3.05) is 5.32 Å². The monoisotopic (exact) mass is 291 g/mol. The molecule has 106 valence electrons. The lowest BCUT2D eigenvalue weighted by Gasteiger charge is -2.10. The van der Waals surface area contributed by atoms with Crippen LogP contribution in [0.1, 0.15) is 25.0 Å². The number of rotatable bonds is 6. The molecule has 5 heteroatoms. The van der Waals surface area contributed by atoms with Gasteiger partial charge in [-0.25, -0.2) is 4.98 Å². The average Bonchev–Trinajstić information content (AvgIpc) is 2.45. The van der Waals surface area contributed by atoms with E-state index < -0.39 is 0 Å². The number of aromatic nitrogens is 2. The summed E-state index contributed by atoms with van der Waals surface area (Å²) in [7, 11) is 0. The van der Waals surface area contributed by atoms with Crippen LogP contribution >= 0.6 is 11.6 Å². The molecule has 4 nitrogen and oxygen atoms in total. The van der Waals surface area contributed by atoms with Crippen molar-refractivity contribution in [3.63, 3.8) is 0 Å². The predicted molar refractivity (Wildman–Crippen MR) is 81.1 cm³/mol. The molecule has 20 heavy (non-hydrogen) atoms. The Labute approximate surface area is 124 Å². The van der Waals surface area contributed by atoms with E-state index in [0.29, 0.717) is 24.3 Å². The van der Waals surface area contributed by atoms with Crippen molar-refractivity contribution in [3.8, 4) is 5.88 Å². The third kappa shape index (κ3) is 4.38. The molecule has 0 saturated carbocycles. The quantitative estimate of drug-likeness (QED) is 0.826. The van der Waals surface area contributed by atoms with Crippen molar-refractivity contribution in [2.24, 2.45) is 0 Å². The SMILES string of the molecule is CC(C)Oc1ccnc(NCc2cccc(CCl)c2)n1. The zero-order chi connectivity index (χ0) is 14.4. The van der Waals surface area contributed by atoms with Gasteiger partial charge < -0.3 is 10.1 Å². The summed E-state index contributed by atoms with van der Waals surface area (Å²) < 4.78 is 5.53. The summed E-state index contributed by atoms with van der Waals surface area (Å²) in [4.78, 5) is 8.48. The van der Waals surface area contributed by atoms with Crippen LogP contribution in [0.3, 0.4) is 0 Å². The summed E-state index contributed by atoms with van der Waals surface area (Å²) in [5.41, 5.74) is 2.24. The number of nitrogens with one attached hydrogen (secondary N) is 1. The molecule has 0 bridgehead atoms. The second kappa shape index (κ2) is 7.10. The van der Waals surface area contributed by atoms with Crippen molar-refractivity contribution in [3.05, 3.63) is 47.7 Å². The molecule has 0 aliphatic carbocycles. The van der Waals surface area contributed by atoms with Gasteiger partial charge in [-0.1, -0.05) is 24.3 Å². The number of benzene rings is 1. The Balaban J connectivity index is 1.99. The van der Waals surface area contributed by atoms with Crippen molar-refractivity contribution in [1.82, 2.24) is 9.97 Å². The minimum absolute atomic E-state index is 0.0955. The molecule has 0 saturated heterocycles. The van der Waals surface area contributed by atoms with E-state index in [1.54, 1.807) is 12.3 Å². The van der Waals surface area contributed by atoms with Gasteiger partial charge in [0, 0.05) is 24.7 Å². The summed E-state index contributed by atoms with van der Waals surface area (Å²) in [6.45, 7) is 4.58. The zero-order valence-electron chi connectivity index (χ0n) is 11.6. The molecule has 0 atom stereocenters. The van der Waals surface area contributed by atoms with Gasteiger partial charge in [-0.15, -0.1) is 11.6 Å². The number of ether oxygens (including phenoxy) is 1. The number of nitrogens with zero attached hydrogens (tertiary/aromatic N) is 2. The highest BCUT2D eigenvalue weighted by atomic mass is 35.5. The fourth-order valence-corrected chi connectivity index (χ4v) is 1.90. The van der Waals surface area contributed by atoms with Crippen molar-refractivity contribution in [2.45, 2.75) is 32.4 Å². The number of hydrogen-bond donors (Lipinski definition) is 1. The van der Waals surface area contributed by atoms with E-state index in [2.05, 4.69) is 21.4 Å². The lowest BCUT2D eigenvalue weighted by Crippen LogP contribution is -2.09. The maximum atomic E-state index is 5.82. The molecule has 0 aliphatic heterocycles. The molecule has 0 aliphatic rings. The van der Waals surface area contributed by atoms with Gasteiger partial charge in [0.2, 0.25) is 11.8 Å². The Bertz CT molecular complexity index is 560. The number of anilines is 1. The molecule has 1 heterocycles. The molecule has 0 unspecified atom stereocenters. The van der Waals surface area contributed by atoms with Gasteiger partial charge in [-0.05, 0) is 25.0 Å². The van der Waals surface area contributed by atoms with Crippen LogP contribution in [-0.2, 0) is 12.4 Å². The van der Waals surface area contributed by atoms with Crippen molar-refractivity contribution >= 4 is 17.5 Å². The summed E-state index contributed by atoms with van der Waals surface area (Å²) in [5, 5.41) is 3.18. The molecular formula is C15H18ClN3O. The summed E-state index contributed by atoms with van der Waals surface area (Å²) in [6, 6.07) is 9.85. The number of halogens is 1. The van der Waals surface area contributed by atoms with E-state index in [-0.39, 0.29) is 6.10 Å². The predicted octanol–water partition coefficient (Wildman–Crippen LogP) is 3.61. The smallest absolute Gasteiger partial charge is 0.226 e. The summed E-state index contributed by atoms with van der Waals surface area (Å²) in [5.74, 6) is 1.65. The topological polar surface area (TPSA) is 47.0 Å². The second-order valence-electron chi connectivity index (χ2n) is 4.69. The second-order valence-corrected chi connectivity index (χ2v) is 4.96. The molecule has 1 aromatic heterocycles. The Morgan fingerprint density at radius 3 is 2.80 bits per heavy atom. The lowest BCUT2D eigenvalue weighted by atomic mass is 10.1. The van der Waals surface area contributed by atoms with Crippen LogP contribution in [0.5, 0.6) is 5.88 Å². The lowest BCUT2D eigenvalue weighted by molar-refractivity contribution is 0.232. The van der Waals surface area contributed by atoms with Gasteiger partial charge in [0.1, 0.15) is 0 Å². The molecule has 0 spiro atoms. The molecule has 0 amide bonds. The van der Waals surface area contributed by atoms with Gasteiger partial charge in [0.25, 0.3) is 0 Å². The van der Waals surface area contributed by atoms with Crippen molar-refractivity contribution in [1.29, 1.82) is 0 Å². The maximum Gasteiger partial charge on any atom is 0.226 e. The third-order valence-corrected chi connectivity index (χ3v) is 2.89. The zero-order valence-corrected chi connectivity index (χ0v) is 12.4. The van der Waals surface area contributed by atoms with Crippen LogP contribution < -0.4 is 10.1 Å². The van der Waals surface area contributed by atoms with E-state index in [9.17, 15) is 0 Å². The highest BCUT2D eigenvalue weighted by Crippen LogP contribution is 2.12. The molecular weight excluding hydrogens is 274 g/mol. The van der Waals surface area contributed by atoms with Gasteiger partial charge in [-0.3, -0.25) is 0 Å². The molecule has 1 aromatic carbocycles. The molecule has 0 radical (unpaired) electrons. The Morgan fingerprint density at radius 1 is 1.25 bits per heavy atom. The van der Waals surface area contributed by atoms with Gasteiger partial charge >= 0.3 is 0 Å². The van der Waals surface area contributed by atoms with Crippen molar-refractivity contribution < 1.29 is 4.74 Å². The summed E-state index contributed by atoms with van der Waals surface area (Å²) in [6.07, 6.45) is 1.78. The van der Waals surface area contributed by atoms with Crippen LogP contribution in [0.15, 0.2) is 36.5 Å². The first-order valence-electron chi connectivity index (χ1n) is 6.54. The molecule has 2 rings (SSSR count). The largest absolute Gasteiger partial charge is 0.475 e. The van der Waals surface area contributed by atoms with E-state index in [1.165, 1.54) is 0 Å². The van der Waals surface area contributed by atoms with E-state index in [1.807, 2.05) is 32.0 Å². The minimum atomic E-state index is 0.0955. The molecule has 0 fully saturated rings.